The Kier molecular flexibility index (Phi) is 4.65. The van der Waals surface area contributed by atoms with Crippen molar-refractivity contribution in [1.29, 1.82) is 0 Å². The topological polar surface area (TPSA) is 55.1 Å². The summed E-state index contributed by atoms with van der Waals surface area (Å²) in [5, 5.41) is 4.03. The zero-order valence-electron chi connectivity index (χ0n) is 12.3. The van der Waals surface area contributed by atoms with Crippen LogP contribution in [0.15, 0.2) is 18.2 Å². The molecule has 0 aliphatic rings. The van der Waals surface area contributed by atoms with Crippen LogP contribution in [0.4, 0.5) is 5.69 Å². The summed E-state index contributed by atoms with van der Waals surface area (Å²) < 4.78 is 1.07. The molecule has 0 aliphatic carbocycles. The molecular formula is C16H22N2OS. The molecule has 0 aliphatic heterocycles. The first kappa shape index (κ1) is 14.9. The zero-order chi connectivity index (χ0) is 14.7. The number of nitrogens with two attached hydrogens (primary N) is 1. The molecule has 0 fully saturated rings. The third-order valence-corrected chi connectivity index (χ3v) is 4.64. The molecule has 2 aromatic rings. The molecule has 108 valence electrons. The molecule has 4 heteroatoms. The molecule has 1 unspecified atom stereocenters. The number of hydrogen-bond acceptors (Lipinski definition) is 3. The van der Waals surface area contributed by atoms with E-state index in [0.29, 0.717) is 10.6 Å². The van der Waals surface area contributed by atoms with Crippen molar-refractivity contribution in [1.82, 2.24) is 5.32 Å². The van der Waals surface area contributed by atoms with Crippen LogP contribution >= 0.6 is 11.3 Å². The van der Waals surface area contributed by atoms with Crippen molar-refractivity contribution in [2.75, 3.05) is 5.73 Å². The molecule has 3 N–H and O–H groups in total. The van der Waals surface area contributed by atoms with Crippen LogP contribution in [0.3, 0.4) is 0 Å². The minimum Gasteiger partial charge on any atom is -0.397 e. The van der Waals surface area contributed by atoms with E-state index in [1.807, 2.05) is 32.0 Å². The number of carbonyl (C=O) groups excluding carboxylic acids is 1. The number of carbonyl (C=O) groups is 1. The number of anilines is 1. The number of thiophene rings is 1. The highest BCUT2D eigenvalue weighted by Crippen LogP contribution is 2.34. The van der Waals surface area contributed by atoms with Crippen molar-refractivity contribution in [2.24, 2.45) is 0 Å². The maximum atomic E-state index is 12.3. The summed E-state index contributed by atoms with van der Waals surface area (Å²) in [6.07, 6.45) is 3.28. The fraction of sp³-hybridized carbons (Fsp3) is 0.438. The molecule has 1 aromatic heterocycles. The van der Waals surface area contributed by atoms with Crippen LogP contribution in [-0.4, -0.2) is 11.9 Å². The lowest BCUT2D eigenvalue weighted by atomic mass is 10.1. The molecule has 3 nitrogen and oxygen atoms in total. The van der Waals surface area contributed by atoms with Gasteiger partial charge in [-0.1, -0.05) is 31.4 Å². The maximum Gasteiger partial charge on any atom is 0.263 e. The average molecular weight is 290 g/mol. The van der Waals surface area contributed by atoms with Crippen molar-refractivity contribution in [2.45, 2.75) is 46.1 Å². The lowest BCUT2D eigenvalue weighted by Gasteiger charge is -2.12. The number of fused-ring (bicyclic) bond motifs is 1. The Morgan fingerprint density at radius 2 is 2.20 bits per heavy atom. The molecule has 1 heterocycles. The van der Waals surface area contributed by atoms with E-state index in [0.717, 1.165) is 34.9 Å². The number of aryl methyl sites for hydroxylation is 1. The fourth-order valence-electron chi connectivity index (χ4n) is 2.27. The van der Waals surface area contributed by atoms with E-state index < -0.39 is 0 Å². The number of rotatable bonds is 5. The summed E-state index contributed by atoms with van der Waals surface area (Å²) in [7, 11) is 0. The van der Waals surface area contributed by atoms with Gasteiger partial charge in [-0.15, -0.1) is 11.3 Å². The molecule has 20 heavy (non-hydrogen) atoms. The molecular weight excluding hydrogens is 268 g/mol. The highest BCUT2D eigenvalue weighted by molar-refractivity contribution is 7.21. The predicted octanol–water partition coefficient (Wildman–Crippen LogP) is 4.10. The first-order chi connectivity index (χ1) is 9.52. The summed E-state index contributed by atoms with van der Waals surface area (Å²) >= 11 is 1.47. The maximum absolute atomic E-state index is 12.3. The fourth-order valence-corrected chi connectivity index (χ4v) is 3.28. The second-order valence-corrected chi connectivity index (χ2v) is 6.41. The molecule has 0 bridgehead atoms. The van der Waals surface area contributed by atoms with Gasteiger partial charge in [0.1, 0.15) is 4.88 Å². The molecule has 1 atom stereocenters. The summed E-state index contributed by atoms with van der Waals surface area (Å²) in [4.78, 5) is 12.9. The van der Waals surface area contributed by atoms with Crippen molar-refractivity contribution in [3.63, 3.8) is 0 Å². The normalized spacial score (nSPS) is 12.6. The van der Waals surface area contributed by atoms with Gasteiger partial charge in [0.05, 0.1) is 5.69 Å². The van der Waals surface area contributed by atoms with E-state index in [-0.39, 0.29) is 11.9 Å². The standard InChI is InChI=1S/C16H22N2OS/c1-4-5-6-11(3)18-16(19)15-14(17)12-9-10(2)7-8-13(12)20-15/h7-9,11H,4-6,17H2,1-3H3,(H,18,19). The van der Waals surface area contributed by atoms with Crippen molar-refractivity contribution < 1.29 is 4.79 Å². The molecule has 1 amide bonds. The Labute approximate surface area is 124 Å². The van der Waals surface area contributed by atoms with Crippen LogP contribution in [0.2, 0.25) is 0 Å². The van der Waals surface area contributed by atoms with Gasteiger partial charge in [0.25, 0.3) is 5.91 Å². The van der Waals surface area contributed by atoms with E-state index in [1.54, 1.807) is 0 Å². The number of unbranched alkanes of at least 4 members (excludes halogenated alkanes) is 1. The van der Waals surface area contributed by atoms with Crippen molar-refractivity contribution >= 4 is 33.0 Å². The van der Waals surface area contributed by atoms with Gasteiger partial charge >= 0.3 is 0 Å². The summed E-state index contributed by atoms with van der Waals surface area (Å²) in [5.41, 5.74) is 7.90. The number of hydrogen-bond donors (Lipinski definition) is 2. The van der Waals surface area contributed by atoms with Crippen LogP contribution in [0.5, 0.6) is 0 Å². The summed E-state index contributed by atoms with van der Waals surface area (Å²) in [6.45, 7) is 6.23. The smallest absolute Gasteiger partial charge is 0.263 e. The van der Waals surface area contributed by atoms with Gasteiger partial charge in [0.2, 0.25) is 0 Å². The Morgan fingerprint density at radius 1 is 1.45 bits per heavy atom. The Bertz CT molecular complexity index is 618. The van der Waals surface area contributed by atoms with E-state index in [9.17, 15) is 4.79 Å². The Morgan fingerprint density at radius 3 is 2.90 bits per heavy atom. The van der Waals surface area contributed by atoms with E-state index in [1.165, 1.54) is 11.3 Å². The van der Waals surface area contributed by atoms with Gasteiger partial charge < -0.3 is 11.1 Å². The van der Waals surface area contributed by atoms with Gasteiger partial charge in [-0.2, -0.15) is 0 Å². The molecule has 0 saturated carbocycles. The SMILES string of the molecule is CCCCC(C)NC(=O)c1sc2ccc(C)cc2c1N. The van der Waals surface area contributed by atoms with Gasteiger partial charge in [-0.3, -0.25) is 4.79 Å². The van der Waals surface area contributed by atoms with E-state index >= 15 is 0 Å². The summed E-state index contributed by atoms with van der Waals surface area (Å²) in [5.74, 6) is -0.0510. The van der Waals surface area contributed by atoms with Crippen LogP contribution in [0, 0.1) is 6.92 Å². The van der Waals surface area contributed by atoms with Gasteiger partial charge in [0, 0.05) is 16.1 Å². The highest BCUT2D eigenvalue weighted by atomic mass is 32.1. The third-order valence-electron chi connectivity index (χ3n) is 3.46. The second kappa shape index (κ2) is 6.27. The van der Waals surface area contributed by atoms with Crippen molar-refractivity contribution in [3.8, 4) is 0 Å². The Balaban J connectivity index is 2.20. The third kappa shape index (κ3) is 3.12. The molecule has 2 rings (SSSR count). The number of amides is 1. The largest absolute Gasteiger partial charge is 0.397 e. The first-order valence-corrected chi connectivity index (χ1v) is 7.94. The number of nitrogens with one attached hydrogen (secondary N) is 1. The van der Waals surface area contributed by atoms with Crippen LogP contribution in [0.1, 0.15) is 48.3 Å². The summed E-state index contributed by atoms with van der Waals surface area (Å²) in [6, 6.07) is 6.31. The van der Waals surface area contributed by atoms with Crippen LogP contribution in [0.25, 0.3) is 10.1 Å². The number of nitrogen functional groups attached to an aromatic ring is 1. The van der Waals surface area contributed by atoms with Crippen LogP contribution in [-0.2, 0) is 0 Å². The minimum absolute atomic E-state index is 0.0510. The van der Waals surface area contributed by atoms with Crippen molar-refractivity contribution in [3.05, 3.63) is 28.6 Å². The minimum atomic E-state index is -0.0510. The number of benzene rings is 1. The van der Waals surface area contributed by atoms with Gasteiger partial charge in [-0.25, -0.2) is 0 Å². The monoisotopic (exact) mass is 290 g/mol. The van der Waals surface area contributed by atoms with Gasteiger partial charge in [0.15, 0.2) is 0 Å². The van der Waals surface area contributed by atoms with Crippen LogP contribution < -0.4 is 11.1 Å². The molecule has 0 spiro atoms. The van der Waals surface area contributed by atoms with E-state index in [4.69, 9.17) is 5.73 Å². The highest BCUT2D eigenvalue weighted by Gasteiger charge is 2.17. The van der Waals surface area contributed by atoms with E-state index in [2.05, 4.69) is 12.2 Å². The quantitative estimate of drug-likeness (QED) is 0.871. The zero-order valence-corrected chi connectivity index (χ0v) is 13.1. The molecule has 1 aromatic carbocycles. The first-order valence-electron chi connectivity index (χ1n) is 7.12. The lowest BCUT2D eigenvalue weighted by molar-refractivity contribution is 0.0943. The second-order valence-electron chi connectivity index (χ2n) is 5.36. The average Bonchev–Trinajstić information content (AvgIpc) is 2.74. The Hall–Kier alpha value is -1.55. The predicted molar refractivity (Wildman–Crippen MR) is 87.4 cm³/mol. The molecule has 0 saturated heterocycles. The lowest BCUT2D eigenvalue weighted by Crippen LogP contribution is -2.32. The molecule has 0 radical (unpaired) electrons. The van der Waals surface area contributed by atoms with Gasteiger partial charge in [-0.05, 0) is 32.4 Å².